The molecule has 2 saturated heterocycles. The Labute approximate surface area is 240 Å². The van der Waals surface area contributed by atoms with E-state index < -0.39 is 5.97 Å². The molecule has 10 nitrogen and oxygen atoms in total. The van der Waals surface area contributed by atoms with Gasteiger partial charge in [-0.2, -0.15) is 0 Å². The maximum atomic E-state index is 13.0. The number of carboxylic acids is 1. The second-order valence-corrected chi connectivity index (χ2v) is 12.5. The third-order valence-electron chi connectivity index (χ3n) is 7.27. The zero-order chi connectivity index (χ0) is 27.5. The lowest BCUT2D eigenvalue weighted by atomic mass is 10.2. The smallest absolute Gasteiger partial charge is 0.304 e. The first-order chi connectivity index (χ1) is 18.8. The van der Waals surface area contributed by atoms with Crippen LogP contribution in [0.1, 0.15) is 48.5 Å². The number of carbonyl (C=O) groups excluding carboxylic acids is 1. The molecule has 0 saturated carbocycles. The van der Waals surface area contributed by atoms with Gasteiger partial charge in [0.1, 0.15) is 11.5 Å². The molecular formula is C26H32ClN7O3S2. The minimum absolute atomic E-state index is 0.136. The predicted octanol–water partition coefficient (Wildman–Crippen LogP) is 4.54. The number of hydrogen-bond donors (Lipinski definition) is 2. The predicted molar refractivity (Wildman–Crippen MR) is 155 cm³/mol. The molecule has 2 unspecified atom stereocenters. The van der Waals surface area contributed by atoms with E-state index in [-0.39, 0.29) is 24.1 Å². The van der Waals surface area contributed by atoms with E-state index in [1.807, 2.05) is 11.4 Å². The molecule has 0 aromatic carbocycles. The molecular weight excluding hydrogens is 558 g/mol. The quantitative estimate of drug-likeness (QED) is 0.371. The number of aromatic nitrogens is 3. The molecule has 0 spiro atoms. The molecule has 2 aliphatic heterocycles. The van der Waals surface area contributed by atoms with E-state index in [0.29, 0.717) is 35.1 Å². The molecule has 1 amide bonds. The number of nitrogens with zero attached hydrogens (tertiary/aromatic N) is 6. The van der Waals surface area contributed by atoms with Crippen molar-refractivity contribution in [3.63, 3.8) is 0 Å². The van der Waals surface area contributed by atoms with Gasteiger partial charge in [-0.1, -0.05) is 22.9 Å². The molecule has 2 aliphatic rings. The number of amides is 1. The van der Waals surface area contributed by atoms with Gasteiger partial charge in [-0.25, -0.2) is 15.0 Å². The van der Waals surface area contributed by atoms with Gasteiger partial charge in [0, 0.05) is 55.1 Å². The number of anilines is 2. The average Bonchev–Trinajstić information content (AvgIpc) is 3.63. The van der Waals surface area contributed by atoms with E-state index in [2.05, 4.69) is 43.8 Å². The molecule has 13 heteroatoms. The van der Waals surface area contributed by atoms with Gasteiger partial charge in [0.05, 0.1) is 34.4 Å². The number of aliphatic carboxylic acids is 1. The van der Waals surface area contributed by atoms with Gasteiger partial charge in [-0.05, 0) is 39.3 Å². The Bertz CT molecular complexity index is 1320. The van der Waals surface area contributed by atoms with Crippen LogP contribution in [0.3, 0.4) is 0 Å². The molecule has 39 heavy (non-hydrogen) atoms. The van der Waals surface area contributed by atoms with E-state index in [9.17, 15) is 9.59 Å². The van der Waals surface area contributed by atoms with Crippen molar-refractivity contribution in [2.75, 3.05) is 42.9 Å². The SMILES string of the molecule is CC1CCCN1Cc1sc(NC(=O)c2cnc(N3CCN(CCC(=O)O)CC3C)cn2)nc1-c1cc(Cl)cs1. The lowest BCUT2D eigenvalue weighted by Crippen LogP contribution is -2.52. The molecule has 0 aliphatic carbocycles. The molecule has 3 aromatic heterocycles. The highest BCUT2D eigenvalue weighted by Crippen LogP contribution is 2.37. The fourth-order valence-electron chi connectivity index (χ4n) is 5.13. The molecule has 208 valence electrons. The first kappa shape index (κ1) is 27.9. The van der Waals surface area contributed by atoms with Crippen molar-refractivity contribution in [2.24, 2.45) is 0 Å². The van der Waals surface area contributed by atoms with Crippen molar-refractivity contribution < 1.29 is 14.7 Å². The number of hydrogen-bond acceptors (Lipinski definition) is 10. The van der Waals surface area contributed by atoms with Crippen LogP contribution in [0.2, 0.25) is 5.02 Å². The van der Waals surface area contributed by atoms with Crippen molar-refractivity contribution >= 4 is 57.1 Å². The van der Waals surface area contributed by atoms with Crippen LogP contribution in [-0.4, -0.2) is 86.5 Å². The number of likely N-dealkylation sites (tertiary alicyclic amines) is 1. The lowest BCUT2D eigenvalue weighted by molar-refractivity contribution is -0.137. The number of halogens is 1. The molecule has 5 rings (SSSR count). The number of thiazole rings is 1. The minimum atomic E-state index is -0.785. The highest BCUT2D eigenvalue weighted by Gasteiger charge is 2.27. The summed E-state index contributed by atoms with van der Waals surface area (Å²) in [4.78, 5) is 46.4. The maximum absolute atomic E-state index is 13.0. The maximum Gasteiger partial charge on any atom is 0.304 e. The van der Waals surface area contributed by atoms with Crippen LogP contribution < -0.4 is 10.2 Å². The Morgan fingerprint density at radius 2 is 2.03 bits per heavy atom. The van der Waals surface area contributed by atoms with Gasteiger partial charge >= 0.3 is 5.97 Å². The van der Waals surface area contributed by atoms with Crippen LogP contribution in [0.25, 0.3) is 10.6 Å². The first-order valence-corrected chi connectivity index (χ1v) is 15.2. The lowest BCUT2D eigenvalue weighted by Gasteiger charge is -2.40. The second-order valence-electron chi connectivity index (χ2n) is 10.1. The van der Waals surface area contributed by atoms with Crippen molar-refractivity contribution in [3.8, 4) is 10.6 Å². The highest BCUT2D eigenvalue weighted by molar-refractivity contribution is 7.17. The van der Waals surface area contributed by atoms with Crippen molar-refractivity contribution in [3.05, 3.63) is 39.4 Å². The zero-order valence-corrected chi connectivity index (χ0v) is 24.4. The van der Waals surface area contributed by atoms with Crippen LogP contribution in [0, 0.1) is 0 Å². The number of thiophene rings is 1. The van der Waals surface area contributed by atoms with Gasteiger partial charge in [0.15, 0.2) is 5.13 Å². The molecule has 0 radical (unpaired) electrons. The Kier molecular flexibility index (Phi) is 8.77. The summed E-state index contributed by atoms with van der Waals surface area (Å²) in [6, 6.07) is 2.59. The van der Waals surface area contributed by atoms with E-state index in [0.717, 1.165) is 41.6 Å². The molecule has 2 N–H and O–H groups in total. The number of nitrogens with one attached hydrogen (secondary N) is 1. The first-order valence-electron chi connectivity index (χ1n) is 13.1. The number of piperazine rings is 1. The topological polar surface area (TPSA) is 115 Å². The molecule has 2 fully saturated rings. The summed E-state index contributed by atoms with van der Waals surface area (Å²) in [6.45, 7) is 8.93. The standard InChI is InChI=1S/C26H32ClN7O3S2/c1-16-4-3-6-33(16)14-21-24(20-10-18(27)15-38-20)30-26(39-21)31-25(37)19-11-29-22(12-28-19)34-9-8-32(13-17(34)2)7-5-23(35)36/h10-12,15-17H,3-9,13-14H2,1-2H3,(H,35,36)(H,30,31,37). The van der Waals surface area contributed by atoms with E-state index in [1.54, 1.807) is 17.5 Å². The van der Waals surface area contributed by atoms with Gasteiger partial charge < -0.3 is 10.0 Å². The van der Waals surface area contributed by atoms with Gasteiger partial charge in [0.2, 0.25) is 0 Å². The van der Waals surface area contributed by atoms with Crippen LogP contribution in [0.4, 0.5) is 10.9 Å². The van der Waals surface area contributed by atoms with E-state index >= 15 is 0 Å². The number of carbonyl (C=O) groups is 2. The zero-order valence-electron chi connectivity index (χ0n) is 22.0. The van der Waals surface area contributed by atoms with Crippen LogP contribution in [-0.2, 0) is 11.3 Å². The van der Waals surface area contributed by atoms with Gasteiger partial charge in [-0.15, -0.1) is 11.3 Å². The molecule has 0 bridgehead atoms. The molecule has 5 heterocycles. The summed E-state index contributed by atoms with van der Waals surface area (Å²) in [5.74, 6) is -0.441. The Balaban J connectivity index is 1.25. The summed E-state index contributed by atoms with van der Waals surface area (Å²) in [5, 5.41) is 15.0. The molecule has 2 atom stereocenters. The average molecular weight is 590 g/mol. The third-order valence-corrected chi connectivity index (χ3v) is 9.51. The van der Waals surface area contributed by atoms with E-state index in [4.69, 9.17) is 21.7 Å². The Morgan fingerprint density at radius 3 is 2.67 bits per heavy atom. The largest absolute Gasteiger partial charge is 0.481 e. The van der Waals surface area contributed by atoms with Crippen LogP contribution in [0.5, 0.6) is 0 Å². The van der Waals surface area contributed by atoms with Crippen LogP contribution >= 0.6 is 34.3 Å². The summed E-state index contributed by atoms with van der Waals surface area (Å²) in [5.41, 5.74) is 1.08. The van der Waals surface area contributed by atoms with Gasteiger partial charge in [0.25, 0.3) is 5.91 Å². The summed E-state index contributed by atoms with van der Waals surface area (Å²) < 4.78 is 0. The fraction of sp³-hybridized carbons (Fsp3) is 0.500. The summed E-state index contributed by atoms with van der Waals surface area (Å²) in [6.07, 6.45) is 5.64. The normalized spacial score (nSPS) is 20.4. The van der Waals surface area contributed by atoms with Gasteiger partial charge in [-0.3, -0.25) is 24.7 Å². The van der Waals surface area contributed by atoms with E-state index in [1.165, 1.54) is 30.4 Å². The third kappa shape index (κ3) is 6.75. The Hall–Kier alpha value is -2.64. The number of rotatable bonds is 9. The second kappa shape index (κ2) is 12.3. The van der Waals surface area contributed by atoms with Crippen molar-refractivity contribution in [1.29, 1.82) is 0 Å². The summed E-state index contributed by atoms with van der Waals surface area (Å²) >= 11 is 9.24. The fourth-order valence-corrected chi connectivity index (χ4v) is 7.28. The van der Waals surface area contributed by atoms with Crippen molar-refractivity contribution in [1.82, 2.24) is 24.8 Å². The number of carboxylic acid groups (broad SMARTS) is 1. The Morgan fingerprint density at radius 1 is 1.18 bits per heavy atom. The highest BCUT2D eigenvalue weighted by atomic mass is 35.5. The minimum Gasteiger partial charge on any atom is -0.481 e. The monoisotopic (exact) mass is 589 g/mol. The molecule has 3 aromatic rings. The van der Waals surface area contributed by atoms with Crippen LogP contribution in [0.15, 0.2) is 23.8 Å². The summed E-state index contributed by atoms with van der Waals surface area (Å²) in [7, 11) is 0. The van der Waals surface area contributed by atoms with Crippen molar-refractivity contribution in [2.45, 2.75) is 51.7 Å².